The number of nitrogens with one attached hydrogen (secondary N) is 1. The molecular formula is C69H96BBr6ClFN9NaO20S. The number of aliphatic carboxylic acids is 4. The Morgan fingerprint density at radius 1 is 0.798 bits per heavy atom. The molecule has 109 heavy (non-hydrogen) atoms. The molecule has 5 aliphatic heterocycles. The van der Waals surface area contributed by atoms with Gasteiger partial charge in [0.15, 0.2) is 39.7 Å². The summed E-state index contributed by atoms with van der Waals surface area (Å²) >= 11 is 23.5. The molecule has 1 unspecified atom stereocenters. The summed E-state index contributed by atoms with van der Waals surface area (Å²) in [7, 11) is 3.34. The van der Waals surface area contributed by atoms with Crippen molar-refractivity contribution in [2.75, 3.05) is 60.4 Å². The number of likely N-dealkylation sites (tertiary alicyclic amines) is 1. The van der Waals surface area contributed by atoms with Crippen LogP contribution in [0, 0.1) is 33.9 Å². The number of ketones is 2. The van der Waals surface area contributed by atoms with E-state index in [4.69, 9.17) is 77.2 Å². The van der Waals surface area contributed by atoms with Gasteiger partial charge in [-0.15, -0.1) is 17.0 Å². The molecule has 3 aromatic rings. The van der Waals surface area contributed by atoms with Gasteiger partial charge in [-0.3, -0.25) is 33.2 Å². The van der Waals surface area contributed by atoms with Gasteiger partial charge in [0.05, 0.1) is 33.6 Å². The summed E-state index contributed by atoms with van der Waals surface area (Å²) in [5.74, 6) is -0.683. The van der Waals surface area contributed by atoms with Crippen LogP contribution in [0.15, 0.2) is 87.7 Å². The molecule has 5 aliphatic rings. The van der Waals surface area contributed by atoms with Crippen LogP contribution in [-0.2, 0) is 70.3 Å². The number of carbonyl (C=O) groups is 10. The Bertz CT molecular complexity index is 3570. The van der Waals surface area contributed by atoms with Gasteiger partial charge in [-0.25, -0.2) is 28.9 Å². The summed E-state index contributed by atoms with van der Waals surface area (Å²) in [6.45, 7) is 39.4. The molecule has 3 aromatic carbocycles. The number of nitrogens with zero attached hydrogens (tertiary/aromatic N) is 6. The molecule has 0 aliphatic carbocycles. The second-order valence-electron chi connectivity index (χ2n) is 24.5. The number of alkyl halides is 5. The predicted molar refractivity (Wildman–Crippen MR) is 437 cm³/mol. The predicted octanol–water partition coefficient (Wildman–Crippen LogP) is 8.47. The number of esters is 1. The quantitative estimate of drug-likeness (QED) is 0.00546. The van der Waals surface area contributed by atoms with Crippen LogP contribution in [-0.4, -0.2) is 218 Å². The van der Waals surface area contributed by atoms with Gasteiger partial charge < -0.3 is 82.7 Å². The number of allylic oxidation sites excluding steroid dienone is 1. The fraction of sp³-hybridized carbons (Fsp3) is 0.507. The zero-order chi connectivity index (χ0) is 84.8. The number of hydrogen-bond donors (Lipinski definition) is 12. The Hall–Kier alpha value is -4.79. The minimum absolute atomic E-state index is 0. The van der Waals surface area contributed by atoms with E-state index in [1.165, 1.54) is 25.7 Å². The molecule has 603 valence electrons. The van der Waals surface area contributed by atoms with E-state index in [9.17, 15) is 57.4 Å². The maximum atomic E-state index is 11.9. The Labute approximate surface area is 723 Å². The van der Waals surface area contributed by atoms with Crippen molar-refractivity contribution in [2.45, 2.75) is 167 Å². The number of carboxylic acids is 4. The van der Waals surface area contributed by atoms with Crippen molar-refractivity contribution in [3.8, 4) is 0 Å². The first-order valence-corrected chi connectivity index (χ1v) is 37.6. The van der Waals surface area contributed by atoms with E-state index >= 15 is 0 Å². The number of cyclic esters (lactones) is 1. The van der Waals surface area contributed by atoms with Crippen molar-refractivity contribution >= 4 is 204 Å². The number of morpholine rings is 1. The number of hydrogen-bond acceptors (Lipinski definition) is 21. The normalized spacial score (nSPS) is 19.1. The zero-order valence-electron chi connectivity index (χ0n) is 63.3. The summed E-state index contributed by atoms with van der Waals surface area (Å²) in [6.07, 6.45) is 5.37. The van der Waals surface area contributed by atoms with Crippen molar-refractivity contribution in [1.29, 1.82) is 0 Å². The van der Waals surface area contributed by atoms with E-state index in [0.29, 0.717) is 66.1 Å². The van der Waals surface area contributed by atoms with Gasteiger partial charge in [0.25, 0.3) is 5.91 Å². The molecule has 2 amide bonds. The van der Waals surface area contributed by atoms with Crippen molar-refractivity contribution in [2.24, 2.45) is 10.1 Å². The second kappa shape index (κ2) is 59.0. The number of nitrogens with two attached hydrogens (primary N) is 2. The maximum Gasteiger partial charge on any atom is 1.00 e. The average molecular weight is 1970 g/mol. The van der Waals surface area contributed by atoms with Crippen LogP contribution in [0.2, 0.25) is 0 Å². The van der Waals surface area contributed by atoms with Crippen molar-refractivity contribution in [3.63, 3.8) is 0 Å². The number of amides is 2. The van der Waals surface area contributed by atoms with Gasteiger partial charge in [0.1, 0.15) is 29.3 Å². The number of aryl methyl sites for hydroxylation is 3. The first-order valence-electron chi connectivity index (χ1n) is 32.2. The SMILES string of the molecule is Br.C=C(C)C(=O)Cl.C=C(C)C(=O)N1CCC[C@@H]1C(=O)O.C[C@@]1(CBr)OC(=O)C2CCCN2C1=O.C[C@](O)(CBr)C(=O)O.C[C@](O)(CBr)C(=O)O.Cc1cc(CC(=O)[C@@](C)(O)CBr)ccc1Br.N[N-]O.O=C(O)[C@H]1CCCN1.[2H]CF.[B]=NS.[C-]#[N+]c1ccc(CC(=O)[C@]2(C)CO2)cc1C.[C-]#[N+]c1ccc(N)cc1C.[Na+]. The largest absolute Gasteiger partial charge is 1.00 e. The van der Waals surface area contributed by atoms with Gasteiger partial charge in [0.2, 0.25) is 11.1 Å². The van der Waals surface area contributed by atoms with E-state index in [0.717, 1.165) is 70.9 Å². The number of thiol groups is 1. The molecule has 29 nitrogen and oxygen atoms in total. The average Bonchev–Trinajstić information content (AvgIpc) is 1.58. The van der Waals surface area contributed by atoms with Crippen molar-refractivity contribution in [1.82, 2.24) is 15.1 Å². The first-order chi connectivity index (χ1) is 50.0. The van der Waals surface area contributed by atoms with Gasteiger partial charge in [-0.2, -0.15) is 0 Å². The maximum absolute atomic E-state index is 11.9. The number of carbonyl (C=O) groups excluding carboxylic acids is 6. The number of anilines is 1. The molecule has 0 bridgehead atoms. The molecule has 0 spiro atoms. The Morgan fingerprint density at radius 2 is 1.23 bits per heavy atom. The molecule has 5 heterocycles. The number of aliphatic hydroxyl groups is 3. The van der Waals surface area contributed by atoms with Crippen LogP contribution in [0.4, 0.5) is 21.5 Å². The molecule has 5 saturated heterocycles. The number of Topliss-reactive ketones (excluding diaryl/α,β-unsaturated/α-hetero) is 2. The van der Waals surface area contributed by atoms with E-state index < -0.39 is 70.3 Å². The number of epoxide rings is 1. The topological polar surface area (TPSA) is 460 Å². The van der Waals surface area contributed by atoms with Crippen molar-refractivity contribution < 1.29 is 134 Å². The molecule has 5 fully saturated rings. The number of nitrogen functional groups attached to an aromatic ring is 1. The minimum atomic E-state index is -1.62. The Balaban J connectivity index is -0.000000276. The minimum Gasteiger partial charge on any atom is -0.399 e. The smallest absolute Gasteiger partial charge is 0.399 e. The standard InChI is InChI=1S/C13H13NO2.C12H14Br2O2.C9H12BrNO3.C9H13NO3.C8H8N2.C5H9NO2.2C4H7BrO3.C4H5ClO.CH3F.BHNS.BrH.H3N2O.Na/c1-9-6-10(4-5-11(9)14-3)7-12(15)13(2)8-16-13;1-8-5-9(3-4-10(8)14)6-11(15)12(2,16)7-13;1-9(5-10)8(13)11-4-2-3-6(11)7(12)14-9;1-6(2)8(11)10-5-3-4-7(10)9(12)13;1-6-5-7(9)3-4-8(6)10-2;7-5(8)4-2-1-3-6-4;2*1-4(8,2-5)3(6)7;1-3(2)4(5)6;1-2;1-2-3;;1-2-3;/h4-6H,7-8H2,1-2H3;3-5,16H,6-7H2,1-2H3;6H,2-5H2,1H3;7H,1,3-5H2,2H3,(H,12,13);3-5H,9H2,1H3;4,6H,1-3H2,(H,7,8);2*8H,2H2,1H3,(H,6,7);1H2,2H3;1H3;3H;1H;3H,1H2;/q;;;;;;;;;;;;-1;+1/t13-;12-;6?,9-;7-;;3*4-;;;;;;/m0001.100....../s1/i;;;;;;;;;1D;;;;. The van der Waals surface area contributed by atoms with E-state index in [1.807, 2.05) is 63.6 Å². The summed E-state index contributed by atoms with van der Waals surface area (Å²) in [5.41, 5.74) is 9.02. The molecule has 8 rings (SSSR count). The Morgan fingerprint density at radius 3 is 1.57 bits per heavy atom. The van der Waals surface area contributed by atoms with E-state index in [2.05, 4.69) is 138 Å². The molecule has 1 radical (unpaired) electrons. The zero-order valence-corrected chi connectivity index (χ0v) is 75.5. The van der Waals surface area contributed by atoms with Crippen LogP contribution < -0.4 is 46.5 Å². The molecule has 0 saturated carbocycles. The Kier molecular flexibility index (Phi) is 61.0. The van der Waals surface area contributed by atoms with Crippen molar-refractivity contribution in [3.05, 3.63) is 140 Å². The van der Waals surface area contributed by atoms with Gasteiger partial charge in [-0.1, -0.05) is 129 Å². The molecule has 8 atom stereocenters. The van der Waals surface area contributed by atoms with E-state index in [1.54, 1.807) is 49.9 Å². The number of benzene rings is 3. The third kappa shape index (κ3) is 45.0. The van der Waals surface area contributed by atoms with Gasteiger partial charge >= 0.3 is 84.2 Å². The molecule has 13 N–H and O–H groups in total. The number of ether oxygens (including phenoxy) is 2. The van der Waals surface area contributed by atoms with E-state index in [-0.39, 0.29) is 110 Å². The monoisotopic (exact) mass is 1970 g/mol. The fourth-order valence-electron chi connectivity index (χ4n) is 8.16. The van der Waals surface area contributed by atoms with Gasteiger partial charge in [0, 0.05) is 63.2 Å². The summed E-state index contributed by atoms with van der Waals surface area (Å²) < 4.78 is 29.5. The third-order valence-corrected chi connectivity index (χ3v) is 20.4. The summed E-state index contributed by atoms with van der Waals surface area (Å²) in [4.78, 5) is 119. The van der Waals surface area contributed by atoms with Crippen LogP contribution in [0.25, 0.3) is 15.3 Å². The molecular weight excluding hydrogens is 1870 g/mol. The summed E-state index contributed by atoms with van der Waals surface area (Å²) in [6, 6.07) is 15.3. The molecule has 0 aromatic heterocycles. The van der Waals surface area contributed by atoms with Crippen LogP contribution >= 0.6 is 121 Å². The first kappa shape index (κ1) is 113. The fourth-order valence-corrected chi connectivity index (χ4v) is 9.56. The summed E-state index contributed by atoms with van der Waals surface area (Å²) in [5, 5.41) is 70.8. The number of fused-ring (bicyclic) bond motifs is 1. The van der Waals surface area contributed by atoms with Crippen LogP contribution in [0.1, 0.15) is 116 Å². The molecule has 40 heteroatoms. The van der Waals surface area contributed by atoms with Crippen LogP contribution in [0.3, 0.4) is 0 Å². The van der Waals surface area contributed by atoms with Crippen LogP contribution in [0.5, 0.6) is 0 Å². The second-order valence-corrected chi connectivity index (χ2v) is 28.2. The number of rotatable bonds is 16. The number of halogens is 8. The third-order valence-electron chi connectivity index (χ3n) is 14.8. The van der Waals surface area contributed by atoms with Gasteiger partial charge in [-0.05, 0) is 172 Å². The number of carboxylic acid groups (broad SMARTS) is 4.